The van der Waals surface area contributed by atoms with E-state index in [1.54, 1.807) is 15.5 Å². The monoisotopic (exact) mass is 389 g/mol. The molecule has 0 saturated carbocycles. The molecule has 1 aromatic heterocycles. The summed E-state index contributed by atoms with van der Waals surface area (Å²) >= 11 is 0. The van der Waals surface area contributed by atoms with E-state index in [0.29, 0.717) is 37.0 Å². The number of piperidine rings is 1. The first-order chi connectivity index (χ1) is 13.1. The van der Waals surface area contributed by atoms with Gasteiger partial charge < -0.3 is 19.4 Å². The van der Waals surface area contributed by atoms with Crippen LogP contribution in [0.15, 0.2) is 16.9 Å². The van der Waals surface area contributed by atoms with Crippen LogP contribution in [0, 0.1) is 6.92 Å². The molecular formula is C20H27N3O5. The summed E-state index contributed by atoms with van der Waals surface area (Å²) in [6.07, 6.45) is 0.990. The molecule has 2 aromatic rings. The van der Waals surface area contributed by atoms with Crippen LogP contribution in [0.2, 0.25) is 0 Å². The van der Waals surface area contributed by atoms with E-state index in [0.717, 1.165) is 11.1 Å². The van der Waals surface area contributed by atoms with Gasteiger partial charge >= 0.3 is 17.8 Å². The number of ether oxygens (including phenoxy) is 2. The Bertz CT molecular complexity index is 959. The molecule has 152 valence electrons. The average molecular weight is 389 g/mol. The third kappa shape index (κ3) is 3.90. The van der Waals surface area contributed by atoms with Gasteiger partial charge in [-0.2, -0.15) is 0 Å². The summed E-state index contributed by atoms with van der Waals surface area (Å²) in [5.74, 6) is -0.432. The lowest BCUT2D eigenvalue weighted by molar-refractivity contribution is 0.0188. The number of aromatic amines is 1. The molecule has 0 radical (unpaired) electrons. The van der Waals surface area contributed by atoms with Crippen molar-refractivity contribution in [1.29, 1.82) is 0 Å². The molecular weight excluding hydrogens is 362 g/mol. The summed E-state index contributed by atoms with van der Waals surface area (Å²) in [5.41, 5.74) is 1.79. The van der Waals surface area contributed by atoms with Gasteiger partial charge in [0, 0.05) is 19.1 Å². The predicted molar refractivity (Wildman–Crippen MR) is 105 cm³/mol. The summed E-state index contributed by atoms with van der Waals surface area (Å²) in [6.45, 7) is 8.39. The number of likely N-dealkylation sites (tertiary alicyclic amines) is 1. The average Bonchev–Trinajstić information content (AvgIpc) is 2.93. The molecule has 0 bridgehead atoms. The zero-order chi connectivity index (χ0) is 20.6. The van der Waals surface area contributed by atoms with Crippen LogP contribution in [0.4, 0.5) is 4.79 Å². The molecule has 1 amide bonds. The number of aromatic nitrogens is 2. The number of aryl methyl sites for hydroxylation is 1. The molecule has 0 spiro atoms. The molecule has 1 N–H and O–H groups in total. The zero-order valence-corrected chi connectivity index (χ0v) is 17.0. The van der Waals surface area contributed by atoms with Crippen LogP contribution in [-0.2, 0) is 9.47 Å². The van der Waals surface area contributed by atoms with E-state index in [9.17, 15) is 14.4 Å². The highest BCUT2D eigenvalue weighted by Crippen LogP contribution is 2.27. The van der Waals surface area contributed by atoms with Crippen molar-refractivity contribution in [2.24, 2.45) is 0 Å². The van der Waals surface area contributed by atoms with E-state index in [2.05, 4.69) is 4.98 Å². The van der Waals surface area contributed by atoms with E-state index in [4.69, 9.17) is 9.47 Å². The standard InChI is InChI=1S/C20H27N3O5/c1-12-10-16-15(11-14(12)17(24)27-5)21-18(25)23(16)13-6-8-22(9-7-13)19(26)28-20(2,3)4/h10-11,13H,6-9H2,1-5H3,(H,21,25). The van der Waals surface area contributed by atoms with E-state index < -0.39 is 11.6 Å². The fraction of sp³-hybridized carbons (Fsp3) is 0.550. The number of hydrogen-bond acceptors (Lipinski definition) is 5. The molecule has 0 atom stereocenters. The van der Waals surface area contributed by atoms with Gasteiger partial charge in [0.15, 0.2) is 0 Å². The molecule has 2 heterocycles. The SMILES string of the molecule is COC(=O)c1cc2[nH]c(=O)n(C3CCN(C(=O)OC(C)(C)C)CC3)c2cc1C. The Morgan fingerprint density at radius 2 is 1.82 bits per heavy atom. The third-order valence-electron chi connectivity index (χ3n) is 4.95. The minimum atomic E-state index is -0.531. The smallest absolute Gasteiger partial charge is 0.410 e. The maximum Gasteiger partial charge on any atom is 0.410 e. The Kier molecular flexibility index (Phi) is 5.23. The minimum Gasteiger partial charge on any atom is -0.465 e. The molecule has 0 unspecified atom stereocenters. The quantitative estimate of drug-likeness (QED) is 0.797. The van der Waals surface area contributed by atoms with Gasteiger partial charge in [0.1, 0.15) is 5.60 Å². The Balaban J connectivity index is 1.83. The number of H-pyrrole nitrogens is 1. The lowest BCUT2D eigenvalue weighted by Gasteiger charge is -2.33. The Hall–Kier alpha value is -2.77. The largest absolute Gasteiger partial charge is 0.465 e. The van der Waals surface area contributed by atoms with Gasteiger partial charge in [0.25, 0.3) is 0 Å². The molecule has 1 aliphatic rings. The molecule has 8 heteroatoms. The van der Waals surface area contributed by atoms with Crippen molar-refractivity contribution in [3.8, 4) is 0 Å². The number of fused-ring (bicyclic) bond motifs is 1. The molecule has 28 heavy (non-hydrogen) atoms. The third-order valence-corrected chi connectivity index (χ3v) is 4.95. The number of esters is 1. The highest BCUT2D eigenvalue weighted by atomic mass is 16.6. The Morgan fingerprint density at radius 3 is 2.39 bits per heavy atom. The number of nitrogens with zero attached hydrogens (tertiary/aromatic N) is 2. The van der Waals surface area contributed by atoms with Crippen molar-refractivity contribution in [1.82, 2.24) is 14.5 Å². The first-order valence-corrected chi connectivity index (χ1v) is 9.42. The topological polar surface area (TPSA) is 93.6 Å². The molecule has 1 saturated heterocycles. The number of carbonyl (C=O) groups is 2. The van der Waals surface area contributed by atoms with Crippen LogP contribution in [0.3, 0.4) is 0 Å². The molecule has 1 aliphatic heterocycles. The van der Waals surface area contributed by atoms with Gasteiger partial charge in [-0.1, -0.05) is 0 Å². The maximum atomic E-state index is 12.6. The highest BCUT2D eigenvalue weighted by Gasteiger charge is 2.29. The number of rotatable bonds is 2. The Labute approximate surface area is 163 Å². The van der Waals surface area contributed by atoms with E-state index in [-0.39, 0.29) is 17.8 Å². The molecule has 0 aliphatic carbocycles. The maximum absolute atomic E-state index is 12.6. The summed E-state index contributed by atoms with van der Waals surface area (Å²) in [7, 11) is 1.33. The second-order valence-corrected chi connectivity index (χ2v) is 8.17. The van der Waals surface area contributed by atoms with Crippen molar-refractivity contribution >= 4 is 23.1 Å². The van der Waals surface area contributed by atoms with Crippen LogP contribution in [0.25, 0.3) is 11.0 Å². The van der Waals surface area contributed by atoms with Crippen molar-refractivity contribution in [3.63, 3.8) is 0 Å². The van der Waals surface area contributed by atoms with Crippen LogP contribution in [-0.4, -0.2) is 52.3 Å². The van der Waals surface area contributed by atoms with Crippen LogP contribution in [0.5, 0.6) is 0 Å². The predicted octanol–water partition coefficient (Wildman–Crippen LogP) is 3.00. The zero-order valence-electron chi connectivity index (χ0n) is 17.0. The van der Waals surface area contributed by atoms with Crippen molar-refractivity contribution < 1.29 is 19.1 Å². The van der Waals surface area contributed by atoms with E-state index >= 15 is 0 Å². The van der Waals surface area contributed by atoms with E-state index in [1.165, 1.54) is 7.11 Å². The Morgan fingerprint density at radius 1 is 1.18 bits per heavy atom. The lowest BCUT2D eigenvalue weighted by Crippen LogP contribution is -2.43. The van der Waals surface area contributed by atoms with Crippen molar-refractivity contribution in [2.75, 3.05) is 20.2 Å². The number of carbonyl (C=O) groups excluding carboxylic acids is 2. The van der Waals surface area contributed by atoms with Crippen LogP contribution < -0.4 is 5.69 Å². The fourth-order valence-corrected chi connectivity index (χ4v) is 3.60. The summed E-state index contributed by atoms with van der Waals surface area (Å²) in [5, 5.41) is 0. The first kappa shape index (κ1) is 20.0. The van der Waals surface area contributed by atoms with Crippen LogP contribution >= 0.6 is 0 Å². The highest BCUT2D eigenvalue weighted by molar-refractivity contribution is 5.95. The number of imidazole rings is 1. The normalized spacial score (nSPS) is 15.7. The second kappa shape index (κ2) is 7.33. The summed E-state index contributed by atoms with van der Waals surface area (Å²) in [6, 6.07) is 3.47. The molecule has 1 fully saturated rings. The second-order valence-electron chi connectivity index (χ2n) is 8.17. The minimum absolute atomic E-state index is 0.0247. The number of nitrogens with one attached hydrogen (secondary N) is 1. The molecule has 1 aromatic carbocycles. The number of amides is 1. The van der Waals surface area contributed by atoms with Crippen LogP contribution in [0.1, 0.15) is 55.6 Å². The van der Waals surface area contributed by atoms with E-state index in [1.807, 2.05) is 33.8 Å². The van der Waals surface area contributed by atoms with Gasteiger partial charge in [0.05, 0.1) is 23.7 Å². The van der Waals surface area contributed by atoms with Gasteiger partial charge in [-0.05, 0) is 58.2 Å². The van der Waals surface area contributed by atoms with Crippen molar-refractivity contribution in [3.05, 3.63) is 33.7 Å². The first-order valence-electron chi connectivity index (χ1n) is 9.42. The number of hydrogen-bond donors (Lipinski definition) is 1. The summed E-state index contributed by atoms with van der Waals surface area (Å²) in [4.78, 5) is 41.2. The van der Waals surface area contributed by atoms with Gasteiger partial charge in [0.2, 0.25) is 0 Å². The van der Waals surface area contributed by atoms with Gasteiger partial charge in [-0.15, -0.1) is 0 Å². The fourth-order valence-electron chi connectivity index (χ4n) is 3.60. The molecule has 8 nitrogen and oxygen atoms in total. The van der Waals surface area contributed by atoms with Gasteiger partial charge in [-0.25, -0.2) is 14.4 Å². The number of methoxy groups -OCH3 is 1. The van der Waals surface area contributed by atoms with Gasteiger partial charge in [-0.3, -0.25) is 4.57 Å². The summed E-state index contributed by atoms with van der Waals surface area (Å²) < 4.78 is 12.0. The van der Waals surface area contributed by atoms with Crippen molar-refractivity contribution in [2.45, 2.75) is 52.2 Å². The number of benzene rings is 1. The lowest BCUT2D eigenvalue weighted by atomic mass is 10.0. The molecule has 3 rings (SSSR count).